The number of phenols is 1. The molecule has 7 heteroatoms. The van der Waals surface area contributed by atoms with E-state index < -0.39 is 0 Å². The van der Waals surface area contributed by atoms with Crippen molar-refractivity contribution >= 4 is 5.69 Å². The fourth-order valence-electron chi connectivity index (χ4n) is 4.23. The third kappa shape index (κ3) is 3.47. The van der Waals surface area contributed by atoms with E-state index in [0.29, 0.717) is 23.0 Å². The van der Waals surface area contributed by atoms with Gasteiger partial charge in [-0.2, -0.15) is 5.43 Å². The maximum atomic E-state index is 10.9. The second-order valence-electron chi connectivity index (χ2n) is 7.65. The Morgan fingerprint density at radius 2 is 1.71 bits per heavy atom. The van der Waals surface area contributed by atoms with Crippen LogP contribution in [0.4, 0.5) is 5.69 Å². The van der Waals surface area contributed by atoms with Gasteiger partial charge in [-0.15, -0.1) is 0 Å². The Morgan fingerprint density at radius 1 is 0.935 bits per heavy atom. The van der Waals surface area contributed by atoms with Crippen molar-refractivity contribution in [3.05, 3.63) is 71.8 Å². The van der Waals surface area contributed by atoms with Crippen molar-refractivity contribution in [3.63, 3.8) is 0 Å². The first-order valence-electron chi connectivity index (χ1n) is 10.2. The second-order valence-corrected chi connectivity index (χ2v) is 7.65. The van der Waals surface area contributed by atoms with Gasteiger partial charge in [-0.3, -0.25) is 0 Å². The van der Waals surface area contributed by atoms with E-state index in [-0.39, 0.29) is 30.6 Å². The molecule has 31 heavy (non-hydrogen) atoms. The quantitative estimate of drug-likeness (QED) is 0.533. The molecule has 3 aromatic rings. The molecule has 0 bridgehead atoms. The summed E-state index contributed by atoms with van der Waals surface area (Å²) in [6.07, 6.45) is -0.372. The maximum absolute atomic E-state index is 10.9. The molecule has 0 spiro atoms. The van der Waals surface area contributed by atoms with Crippen LogP contribution in [0.15, 0.2) is 60.7 Å². The number of nitrogens with one attached hydrogen (secondary N) is 2. The van der Waals surface area contributed by atoms with Gasteiger partial charge in [0.15, 0.2) is 29.2 Å². The zero-order chi connectivity index (χ0) is 21.4. The van der Waals surface area contributed by atoms with Crippen molar-refractivity contribution in [2.24, 2.45) is 5.92 Å². The Kier molecular flexibility index (Phi) is 4.95. The van der Waals surface area contributed by atoms with Gasteiger partial charge >= 0.3 is 0 Å². The number of rotatable bonds is 5. The molecule has 3 aromatic carbocycles. The maximum Gasteiger partial charge on any atom is 0.231 e. The minimum absolute atomic E-state index is 0.0397. The highest BCUT2D eigenvalue weighted by atomic mass is 16.7. The van der Waals surface area contributed by atoms with E-state index in [1.807, 2.05) is 54.6 Å². The van der Waals surface area contributed by atoms with Crippen LogP contribution < -0.4 is 29.8 Å². The third-order valence-corrected chi connectivity index (χ3v) is 5.82. The molecule has 2 aliphatic heterocycles. The summed E-state index contributed by atoms with van der Waals surface area (Å²) in [5.74, 6) is 2.37. The summed E-state index contributed by atoms with van der Waals surface area (Å²) >= 11 is 0. The molecule has 0 radical (unpaired) electrons. The van der Waals surface area contributed by atoms with Crippen LogP contribution >= 0.6 is 0 Å². The van der Waals surface area contributed by atoms with Gasteiger partial charge in [0.25, 0.3) is 0 Å². The highest BCUT2D eigenvalue weighted by Gasteiger charge is 2.39. The molecule has 7 nitrogen and oxygen atoms in total. The molecule has 2 aliphatic rings. The Morgan fingerprint density at radius 3 is 2.48 bits per heavy atom. The lowest BCUT2D eigenvalue weighted by Gasteiger charge is -2.39. The summed E-state index contributed by atoms with van der Waals surface area (Å²) in [5, 5.41) is 10.9. The van der Waals surface area contributed by atoms with Gasteiger partial charge in [0.1, 0.15) is 5.75 Å². The van der Waals surface area contributed by atoms with Gasteiger partial charge in [-0.25, -0.2) is 0 Å². The van der Waals surface area contributed by atoms with Crippen molar-refractivity contribution in [1.29, 1.82) is 0 Å². The fraction of sp³-hybridized carbons (Fsp3) is 0.250. The highest BCUT2D eigenvalue weighted by molar-refractivity contribution is 5.59. The summed E-state index contributed by atoms with van der Waals surface area (Å²) in [6.45, 7) is 2.27. The summed E-state index contributed by atoms with van der Waals surface area (Å²) < 4.78 is 22.8. The van der Waals surface area contributed by atoms with Gasteiger partial charge in [-0.05, 0) is 24.3 Å². The number of hydrogen-bond donors (Lipinski definition) is 3. The van der Waals surface area contributed by atoms with E-state index in [0.717, 1.165) is 16.8 Å². The predicted molar refractivity (Wildman–Crippen MR) is 116 cm³/mol. The van der Waals surface area contributed by atoms with Crippen molar-refractivity contribution < 1.29 is 24.1 Å². The number of fused-ring (bicyclic) bond motifs is 2. The zero-order valence-electron chi connectivity index (χ0n) is 17.3. The Balaban J connectivity index is 1.55. The van der Waals surface area contributed by atoms with Crippen LogP contribution in [0.5, 0.6) is 28.7 Å². The highest BCUT2D eigenvalue weighted by Crippen LogP contribution is 2.51. The molecule has 160 valence electrons. The zero-order valence-corrected chi connectivity index (χ0v) is 17.3. The first kappa shape index (κ1) is 19.4. The minimum atomic E-state index is -0.372. The van der Waals surface area contributed by atoms with Crippen molar-refractivity contribution in [2.75, 3.05) is 19.3 Å². The molecule has 5 rings (SSSR count). The van der Waals surface area contributed by atoms with E-state index in [1.165, 1.54) is 0 Å². The number of phenolic OH excluding ortho intramolecular Hbond substituents is 1. The van der Waals surface area contributed by atoms with Gasteiger partial charge in [0.05, 0.1) is 7.11 Å². The SMILES string of the molecule is COc1cccc([C@H]2c3cc4c(cc3O[C@H](NNc3ccccc3)[C@@H]2C)OCO4)c1O. The van der Waals surface area contributed by atoms with Crippen LogP contribution in [0, 0.1) is 5.92 Å². The van der Waals surface area contributed by atoms with Crippen LogP contribution in [0.2, 0.25) is 0 Å². The molecule has 2 heterocycles. The third-order valence-electron chi connectivity index (χ3n) is 5.82. The van der Waals surface area contributed by atoms with Crippen LogP contribution in [-0.2, 0) is 0 Å². The number of aromatic hydroxyl groups is 1. The standard InChI is InChI=1S/C24H24N2O5/c1-14-22(16-9-6-10-18(28-2)23(16)27)17-11-20-21(30-13-29-20)12-19(17)31-24(14)26-25-15-7-4-3-5-8-15/h3-12,14,22,24-27H,13H2,1-2H3/t14-,22+,24+/m1/s1. The Hall–Kier alpha value is -3.58. The van der Waals surface area contributed by atoms with Gasteiger partial charge < -0.3 is 29.5 Å². The summed E-state index contributed by atoms with van der Waals surface area (Å²) in [4.78, 5) is 0. The first-order valence-corrected chi connectivity index (χ1v) is 10.2. The lowest BCUT2D eigenvalue weighted by Crippen LogP contribution is -2.47. The van der Waals surface area contributed by atoms with Crippen molar-refractivity contribution in [2.45, 2.75) is 19.1 Å². The van der Waals surface area contributed by atoms with Crippen molar-refractivity contribution in [1.82, 2.24) is 5.43 Å². The number of ether oxygens (including phenoxy) is 4. The number of anilines is 1. The van der Waals surface area contributed by atoms with E-state index in [1.54, 1.807) is 13.2 Å². The molecule has 0 fully saturated rings. The van der Waals surface area contributed by atoms with E-state index >= 15 is 0 Å². The number of methoxy groups -OCH3 is 1. The summed E-state index contributed by atoms with van der Waals surface area (Å²) in [6, 6.07) is 19.2. The summed E-state index contributed by atoms with van der Waals surface area (Å²) in [5.41, 5.74) is 9.13. The fourth-order valence-corrected chi connectivity index (χ4v) is 4.23. The van der Waals surface area contributed by atoms with E-state index in [9.17, 15) is 5.11 Å². The molecule has 0 saturated carbocycles. The molecule has 0 unspecified atom stereocenters. The average Bonchev–Trinajstić information content (AvgIpc) is 3.25. The van der Waals surface area contributed by atoms with Crippen LogP contribution in [-0.4, -0.2) is 25.2 Å². The number of benzene rings is 3. The molecular weight excluding hydrogens is 396 g/mol. The van der Waals surface area contributed by atoms with E-state index in [4.69, 9.17) is 18.9 Å². The average molecular weight is 420 g/mol. The molecule has 0 amide bonds. The molecule has 0 saturated heterocycles. The van der Waals surface area contributed by atoms with Crippen LogP contribution in [0.1, 0.15) is 24.0 Å². The molecule has 0 aromatic heterocycles. The van der Waals surface area contributed by atoms with E-state index in [2.05, 4.69) is 17.8 Å². The monoisotopic (exact) mass is 420 g/mol. The number of hydrazine groups is 1. The second kappa shape index (κ2) is 7.92. The molecule has 0 aliphatic carbocycles. The minimum Gasteiger partial charge on any atom is -0.504 e. The van der Waals surface area contributed by atoms with Crippen LogP contribution in [0.3, 0.4) is 0 Å². The van der Waals surface area contributed by atoms with Gasteiger partial charge in [-0.1, -0.05) is 37.3 Å². The number of para-hydroxylation sites is 2. The molecular formula is C24H24N2O5. The normalized spacial score (nSPS) is 21.2. The lowest BCUT2D eigenvalue weighted by molar-refractivity contribution is 0.0857. The largest absolute Gasteiger partial charge is 0.504 e. The van der Waals surface area contributed by atoms with Crippen LogP contribution in [0.25, 0.3) is 0 Å². The van der Waals surface area contributed by atoms with Gasteiger partial charge in [0.2, 0.25) is 6.79 Å². The molecule has 3 N–H and O–H groups in total. The molecule has 3 atom stereocenters. The predicted octanol–water partition coefficient (Wildman–Crippen LogP) is 4.23. The summed E-state index contributed by atoms with van der Waals surface area (Å²) in [7, 11) is 1.55. The smallest absolute Gasteiger partial charge is 0.231 e. The van der Waals surface area contributed by atoms with Crippen molar-refractivity contribution in [3.8, 4) is 28.7 Å². The Labute approximate surface area is 180 Å². The lowest BCUT2D eigenvalue weighted by atomic mass is 9.78. The first-order chi connectivity index (χ1) is 15.2. The number of hydrogen-bond acceptors (Lipinski definition) is 7. The topological polar surface area (TPSA) is 81.2 Å². The van der Waals surface area contributed by atoms with Gasteiger partial charge in [0, 0.05) is 34.7 Å². The Bertz CT molecular complexity index is 1090.